The molecule has 1 aliphatic carbocycles. The van der Waals surface area contributed by atoms with E-state index in [-0.39, 0.29) is 10.8 Å². The summed E-state index contributed by atoms with van der Waals surface area (Å²) in [5.41, 5.74) is 0.428. The summed E-state index contributed by atoms with van der Waals surface area (Å²) >= 11 is 6.46. The summed E-state index contributed by atoms with van der Waals surface area (Å²) in [5, 5.41) is -0.351. The van der Waals surface area contributed by atoms with Crippen molar-refractivity contribution >= 4 is 11.6 Å². The third-order valence-electron chi connectivity index (χ3n) is 4.08. The van der Waals surface area contributed by atoms with E-state index in [0.29, 0.717) is 5.56 Å². The summed E-state index contributed by atoms with van der Waals surface area (Å²) < 4.78 is 26.6. The van der Waals surface area contributed by atoms with E-state index in [1.165, 1.54) is 12.1 Å². The fraction of sp³-hybridized carbons (Fsp3) is 0.571. The lowest BCUT2D eigenvalue weighted by atomic mass is 9.77. The monoisotopic (exact) mass is 258 g/mol. The lowest BCUT2D eigenvalue weighted by Gasteiger charge is -2.33. The average molecular weight is 259 g/mol. The van der Waals surface area contributed by atoms with E-state index in [4.69, 9.17) is 11.6 Å². The van der Waals surface area contributed by atoms with Gasteiger partial charge in [-0.2, -0.15) is 0 Å². The summed E-state index contributed by atoms with van der Waals surface area (Å²) in [6.45, 7) is 2.10. The zero-order chi connectivity index (χ0) is 12.5. The minimum absolute atomic E-state index is 0.0137. The number of halogens is 3. The summed E-state index contributed by atoms with van der Waals surface area (Å²) in [4.78, 5) is 0. The Morgan fingerprint density at radius 2 is 1.94 bits per heavy atom. The van der Waals surface area contributed by atoms with Crippen molar-refractivity contribution < 1.29 is 8.78 Å². The number of rotatable bonds is 3. The van der Waals surface area contributed by atoms with Gasteiger partial charge >= 0.3 is 0 Å². The molecule has 1 aromatic carbocycles. The minimum atomic E-state index is -0.549. The first-order valence-corrected chi connectivity index (χ1v) is 6.62. The van der Waals surface area contributed by atoms with E-state index in [2.05, 4.69) is 6.92 Å². The van der Waals surface area contributed by atoms with Crippen molar-refractivity contribution in [2.75, 3.05) is 0 Å². The van der Waals surface area contributed by atoms with Crippen LogP contribution in [0.15, 0.2) is 18.2 Å². The highest BCUT2D eigenvalue weighted by Gasteiger charge is 2.40. The smallest absolute Gasteiger partial charge is 0.130 e. The Bertz CT molecular complexity index is 397. The van der Waals surface area contributed by atoms with Crippen molar-refractivity contribution in [3.63, 3.8) is 0 Å². The first-order chi connectivity index (χ1) is 8.09. The first-order valence-electron chi connectivity index (χ1n) is 6.18. The second-order valence-electron chi connectivity index (χ2n) is 4.95. The van der Waals surface area contributed by atoms with E-state index in [1.807, 2.05) is 0 Å². The van der Waals surface area contributed by atoms with Gasteiger partial charge in [0.1, 0.15) is 11.6 Å². The zero-order valence-electron chi connectivity index (χ0n) is 9.98. The number of hydrogen-bond donors (Lipinski definition) is 0. The largest absolute Gasteiger partial charge is 0.207 e. The van der Waals surface area contributed by atoms with Crippen molar-refractivity contribution in [3.8, 4) is 0 Å². The van der Waals surface area contributed by atoms with Gasteiger partial charge in [-0.25, -0.2) is 8.78 Å². The van der Waals surface area contributed by atoms with Crippen LogP contribution in [0.25, 0.3) is 0 Å². The minimum Gasteiger partial charge on any atom is -0.207 e. The van der Waals surface area contributed by atoms with Crippen molar-refractivity contribution in [1.82, 2.24) is 0 Å². The molecule has 0 nitrogen and oxygen atoms in total. The van der Waals surface area contributed by atoms with E-state index in [9.17, 15) is 8.78 Å². The standard InChI is InChI=1S/C14H17ClF2/c1-2-14(7-3-4-8-14)13(15)11-6-5-10(16)9-12(11)17/h5-6,9,13H,2-4,7-8H2,1H3. The highest BCUT2D eigenvalue weighted by Crippen LogP contribution is 2.53. The molecule has 3 heteroatoms. The summed E-state index contributed by atoms with van der Waals surface area (Å²) in [5.74, 6) is -1.07. The maximum atomic E-state index is 13.7. The summed E-state index contributed by atoms with van der Waals surface area (Å²) in [6.07, 6.45) is 5.32. The number of alkyl halides is 1. The molecule has 0 aliphatic heterocycles. The van der Waals surface area contributed by atoms with E-state index in [0.717, 1.165) is 38.2 Å². The van der Waals surface area contributed by atoms with Crippen LogP contribution in [0.5, 0.6) is 0 Å². The Hall–Kier alpha value is -0.630. The molecule has 2 rings (SSSR count). The van der Waals surface area contributed by atoms with Crippen molar-refractivity contribution in [2.45, 2.75) is 44.4 Å². The summed E-state index contributed by atoms with van der Waals surface area (Å²) in [6, 6.07) is 3.69. The van der Waals surface area contributed by atoms with Crippen LogP contribution in [0.4, 0.5) is 8.78 Å². The molecule has 1 fully saturated rings. The van der Waals surface area contributed by atoms with E-state index >= 15 is 0 Å². The van der Waals surface area contributed by atoms with Crippen LogP contribution in [-0.2, 0) is 0 Å². The van der Waals surface area contributed by atoms with Gasteiger partial charge in [0.25, 0.3) is 0 Å². The van der Waals surface area contributed by atoms with Crippen LogP contribution in [0.3, 0.4) is 0 Å². The molecule has 1 unspecified atom stereocenters. The molecule has 0 radical (unpaired) electrons. The van der Waals surface area contributed by atoms with Crippen LogP contribution in [-0.4, -0.2) is 0 Å². The van der Waals surface area contributed by atoms with Crippen LogP contribution < -0.4 is 0 Å². The topological polar surface area (TPSA) is 0 Å². The Kier molecular flexibility index (Phi) is 3.72. The highest BCUT2D eigenvalue weighted by molar-refractivity contribution is 6.21. The first kappa shape index (κ1) is 12.8. The van der Waals surface area contributed by atoms with Crippen LogP contribution in [0.1, 0.15) is 50.0 Å². The number of benzene rings is 1. The molecule has 0 aromatic heterocycles. The fourth-order valence-corrected chi connectivity index (χ4v) is 3.45. The SMILES string of the molecule is CCC1(C(Cl)c2ccc(F)cc2F)CCCC1. The van der Waals surface area contributed by atoms with Crippen LogP contribution in [0, 0.1) is 17.0 Å². The highest BCUT2D eigenvalue weighted by atomic mass is 35.5. The van der Waals surface area contributed by atoms with Gasteiger partial charge in [-0.1, -0.05) is 25.8 Å². The molecule has 0 spiro atoms. The van der Waals surface area contributed by atoms with Crippen LogP contribution >= 0.6 is 11.6 Å². The maximum absolute atomic E-state index is 13.7. The molecule has 1 atom stereocenters. The second kappa shape index (κ2) is 4.93. The molecule has 1 aromatic rings. The van der Waals surface area contributed by atoms with Crippen LogP contribution in [0.2, 0.25) is 0 Å². The Morgan fingerprint density at radius 3 is 2.47 bits per heavy atom. The molecular formula is C14H17ClF2. The fourth-order valence-electron chi connectivity index (χ4n) is 2.90. The molecule has 0 saturated heterocycles. The van der Waals surface area contributed by atoms with Gasteiger partial charge < -0.3 is 0 Å². The Labute approximate surface area is 106 Å². The molecule has 0 bridgehead atoms. The summed E-state index contributed by atoms with van der Waals surface area (Å²) in [7, 11) is 0. The molecule has 1 saturated carbocycles. The predicted octanol–water partition coefficient (Wildman–Crippen LogP) is 5.22. The van der Waals surface area contributed by atoms with Gasteiger partial charge in [0.2, 0.25) is 0 Å². The quantitative estimate of drug-likeness (QED) is 0.653. The van der Waals surface area contributed by atoms with Gasteiger partial charge in [-0.15, -0.1) is 11.6 Å². The third kappa shape index (κ3) is 2.33. The van der Waals surface area contributed by atoms with E-state index in [1.54, 1.807) is 0 Å². The van der Waals surface area contributed by atoms with Gasteiger partial charge in [0.05, 0.1) is 5.38 Å². The maximum Gasteiger partial charge on any atom is 0.130 e. The molecule has 1 aliphatic rings. The third-order valence-corrected chi connectivity index (χ3v) is 4.77. The van der Waals surface area contributed by atoms with E-state index < -0.39 is 11.6 Å². The zero-order valence-corrected chi connectivity index (χ0v) is 10.7. The molecule has 0 amide bonds. The number of hydrogen-bond acceptors (Lipinski definition) is 0. The van der Waals surface area contributed by atoms with Crippen molar-refractivity contribution in [2.24, 2.45) is 5.41 Å². The second-order valence-corrected chi connectivity index (χ2v) is 5.39. The van der Waals surface area contributed by atoms with Gasteiger partial charge in [-0.3, -0.25) is 0 Å². The Balaban J connectivity index is 2.32. The van der Waals surface area contributed by atoms with Gasteiger partial charge in [0.15, 0.2) is 0 Å². The predicted molar refractivity (Wildman–Crippen MR) is 66.1 cm³/mol. The molecule has 94 valence electrons. The molecule has 0 heterocycles. The van der Waals surface area contributed by atoms with Crippen molar-refractivity contribution in [3.05, 3.63) is 35.4 Å². The molecule has 0 N–H and O–H groups in total. The molecule has 17 heavy (non-hydrogen) atoms. The van der Waals surface area contributed by atoms with Gasteiger partial charge in [-0.05, 0) is 30.7 Å². The lowest BCUT2D eigenvalue weighted by Crippen LogP contribution is -2.22. The Morgan fingerprint density at radius 1 is 1.29 bits per heavy atom. The average Bonchev–Trinajstić information content (AvgIpc) is 2.78. The normalized spacial score (nSPS) is 20.5. The lowest BCUT2D eigenvalue weighted by molar-refractivity contribution is 0.267. The van der Waals surface area contributed by atoms with Gasteiger partial charge in [0, 0.05) is 11.6 Å². The molecular weight excluding hydrogens is 242 g/mol. The van der Waals surface area contributed by atoms with Crippen molar-refractivity contribution in [1.29, 1.82) is 0 Å².